The number of rotatable bonds is 2. The Bertz CT molecular complexity index is 703. The predicted octanol–water partition coefficient (Wildman–Crippen LogP) is 7.74. The van der Waals surface area contributed by atoms with Crippen molar-refractivity contribution in [2.24, 2.45) is 7.05 Å². The van der Waals surface area contributed by atoms with Crippen LogP contribution in [0.2, 0.25) is 0 Å². The summed E-state index contributed by atoms with van der Waals surface area (Å²) < 4.78 is 2.31. The first kappa shape index (κ1) is 26.3. The quantitative estimate of drug-likeness (QED) is 0.313. The van der Waals surface area contributed by atoms with Crippen molar-refractivity contribution in [2.75, 3.05) is 6.26 Å². The second-order valence-corrected chi connectivity index (χ2v) is 4.69. The molecule has 1 aromatic heterocycles. The summed E-state index contributed by atoms with van der Waals surface area (Å²) >= 11 is 3.53. The molecule has 0 unspecified atom stereocenters. The Hall–Kier alpha value is -1.93. The van der Waals surface area contributed by atoms with Gasteiger partial charge in [-0.2, -0.15) is 12.6 Å². The van der Waals surface area contributed by atoms with Crippen LogP contribution in [0.15, 0.2) is 55.7 Å². The lowest BCUT2D eigenvalue weighted by Crippen LogP contribution is -1.93. The summed E-state index contributed by atoms with van der Waals surface area (Å²) in [4.78, 5) is 0. The molecule has 0 saturated carbocycles. The molecule has 3 rings (SSSR count). The number of allylic oxidation sites excluding steroid dienone is 4. The van der Waals surface area contributed by atoms with Gasteiger partial charge in [-0.25, -0.2) is 0 Å². The minimum absolute atomic E-state index is 1.06. The molecule has 0 amide bonds. The van der Waals surface area contributed by atoms with Crippen LogP contribution >= 0.6 is 12.6 Å². The van der Waals surface area contributed by atoms with Gasteiger partial charge in [0, 0.05) is 35.6 Å². The molecule has 1 heterocycles. The number of fused-ring (bicyclic) bond motifs is 3. The van der Waals surface area contributed by atoms with Crippen LogP contribution in [0.5, 0.6) is 0 Å². The summed E-state index contributed by atoms with van der Waals surface area (Å²) in [6.07, 6.45) is 15.6. The molecular weight excluding hydrogens is 334 g/mol. The zero-order valence-electron chi connectivity index (χ0n) is 17.7. The third kappa shape index (κ3) is 6.76. The number of hydrogen-bond donors (Lipinski definition) is 1. The van der Waals surface area contributed by atoms with Crippen molar-refractivity contribution in [1.29, 1.82) is 0 Å². The molecule has 26 heavy (non-hydrogen) atoms. The summed E-state index contributed by atoms with van der Waals surface area (Å²) in [6, 6.07) is 6.68. The summed E-state index contributed by atoms with van der Waals surface area (Å²) in [7, 11) is 2.16. The fraction of sp³-hybridized carbons (Fsp3) is 0.333. The maximum Gasteiger partial charge on any atom is 0.0486 e. The van der Waals surface area contributed by atoms with E-state index in [1.807, 2.05) is 40.7 Å². The summed E-state index contributed by atoms with van der Waals surface area (Å²) in [5.41, 5.74) is 5.41. The van der Waals surface area contributed by atoms with Crippen molar-refractivity contribution >= 4 is 35.7 Å². The van der Waals surface area contributed by atoms with Gasteiger partial charge in [-0.15, -0.1) is 13.2 Å². The molecule has 0 radical (unpaired) electrons. The average molecular weight is 372 g/mol. The molecular formula is C24H37NS. The van der Waals surface area contributed by atoms with Crippen LogP contribution in [0.1, 0.15) is 51.4 Å². The normalized spacial score (nSPS) is 10.8. The Morgan fingerprint density at radius 1 is 1.04 bits per heavy atom. The second-order valence-electron chi connectivity index (χ2n) is 4.69. The molecule has 0 aliphatic heterocycles. The summed E-state index contributed by atoms with van der Waals surface area (Å²) in [5.74, 6) is 0. The van der Waals surface area contributed by atoms with Gasteiger partial charge < -0.3 is 4.57 Å². The number of aromatic nitrogens is 1. The number of aryl methyl sites for hydroxylation is 1. The van der Waals surface area contributed by atoms with E-state index in [9.17, 15) is 0 Å². The molecule has 1 nitrogen and oxygen atoms in total. The highest BCUT2D eigenvalue weighted by atomic mass is 32.1. The highest BCUT2D eigenvalue weighted by Gasteiger charge is 2.15. The van der Waals surface area contributed by atoms with Crippen molar-refractivity contribution in [2.45, 2.75) is 41.0 Å². The lowest BCUT2D eigenvalue weighted by Gasteiger charge is -2.00. The Morgan fingerprint density at radius 3 is 2.23 bits per heavy atom. The molecule has 0 saturated heterocycles. The lowest BCUT2D eigenvalue weighted by molar-refractivity contribution is 0.895. The van der Waals surface area contributed by atoms with Gasteiger partial charge in [-0.3, -0.25) is 0 Å². The van der Waals surface area contributed by atoms with Gasteiger partial charge >= 0.3 is 0 Å². The largest absolute Gasteiger partial charge is 0.347 e. The second kappa shape index (κ2) is 16.5. The topological polar surface area (TPSA) is 4.93 Å². The first-order chi connectivity index (χ1) is 12.8. The molecule has 0 atom stereocenters. The molecule has 2 aromatic rings. The highest BCUT2D eigenvalue weighted by molar-refractivity contribution is 7.79. The van der Waals surface area contributed by atoms with E-state index >= 15 is 0 Å². The van der Waals surface area contributed by atoms with E-state index in [4.69, 9.17) is 0 Å². The van der Waals surface area contributed by atoms with Crippen molar-refractivity contribution in [3.63, 3.8) is 0 Å². The van der Waals surface area contributed by atoms with Crippen LogP contribution in [0.25, 0.3) is 23.1 Å². The third-order valence-corrected chi connectivity index (χ3v) is 3.58. The maximum absolute atomic E-state index is 3.53. The minimum atomic E-state index is 1.06. The number of thiol groups is 1. The highest BCUT2D eigenvalue weighted by Crippen LogP contribution is 2.31. The van der Waals surface area contributed by atoms with Gasteiger partial charge in [0.1, 0.15) is 0 Å². The standard InChI is InChI=1S/C17H17N.2C2H6.C2H4.CH4S/c1-3-4-5-7-13-10-11-17-15(12-13)14-8-6-9-16(14)18(17)2;4*1-2/h3-8,10-12H,9H2,1-2H3;2*1-2H3;1-2H2;2H,1H3/b4-3-,7-5-;;;;. The molecule has 0 spiro atoms. The predicted molar refractivity (Wildman–Crippen MR) is 128 cm³/mol. The molecule has 1 aliphatic carbocycles. The van der Waals surface area contributed by atoms with Crippen molar-refractivity contribution < 1.29 is 0 Å². The van der Waals surface area contributed by atoms with Crippen molar-refractivity contribution in [3.8, 4) is 0 Å². The Balaban J connectivity index is 0. The molecule has 0 N–H and O–H groups in total. The lowest BCUT2D eigenvalue weighted by atomic mass is 10.1. The van der Waals surface area contributed by atoms with E-state index < -0.39 is 0 Å². The third-order valence-electron chi connectivity index (χ3n) is 3.58. The van der Waals surface area contributed by atoms with Gasteiger partial charge in [-0.1, -0.05) is 70.2 Å². The van der Waals surface area contributed by atoms with Gasteiger partial charge in [0.2, 0.25) is 0 Å². The first-order valence-corrected chi connectivity index (χ1v) is 10.2. The van der Waals surface area contributed by atoms with E-state index in [1.165, 1.54) is 27.7 Å². The van der Waals surface area contributed by atoms with Crippen LogP contribution in [0.4, 0.5) is 0 Å². The SMILES string of the molecule is C/C=C\C=C/c1ccc2c(c1)c1c(n2C)CC=C1.C=C.CC.CC.CS. The van der Waals surface area contributed by atoms with Gasteiger partial charge in [0.05, 0.1) is 0 Å². The number of hydrogen-bond acceptors (Lipinski definition) is 1. The maximum atomic E-state index is 3.53. The van der Waals surface area contributed by atoms with E-state index in [0.717, 1.165) is 6.42 Å². The van der Waals surface area contributed by atoms with Crippen LogP contribution in [0, 0.1) is 0 Å². The van der Waals surface area contributed by atoms with Gasteiger partial charge in [0.15, 0.2) is 0 Å². The Morgan fingerprint density at radius 2 is 1.65 bits per heavy atom. The van der Waals surface area contributed by atoms with E-state index in [2.05, 4.69) is 86.0 Å². The molecule has 0 fully saturated rings. The van der Waals surface area contributed by atoms with E-state index in [1.54, 1.807) is 6.26 Å². The van der Waals surface area contributed by atoms with E-state index in [-0.39, 0.29) is 0 Å². The van der Waals surface area contributed by atoms with Crippen molar-refractivity contribution in [3.05, 3.63) is 72.5 Å². The average Bonchev–Trinajstić information content (AvgIpc) is 3.32. The Labute approximate surface area is 167 Å². The number of benzene rings is 1. The molecule has 1 aromatic carbocycles. The minimum Gasteiger partial charge on any atom is -0.347 e. The molecule has 144 valence electrons. The Kier molecular flexibility index (Phi) is 16.7. The zero-order chi connectivity index (χ0) is 20.5. The number of nitrogens with zero attached hydrogens (tertiary/aromatic N) is 1. The molecule has 0 bridgehead atoms. The monoisotopic (exact) mass is 371 g/mol. The van der Waals surface area contributed by atoms with Crippen molar-refractivity contribution in [1.82, 2.24) is 4.57 Å². The van der Waals surface area contributed by atoms with Gasteiger partial charge in [-0.05, 0) is 30.9 Å². The molecule has 1 aliphatic rings. The summed E-state index contributed by atoms with van der Waals surface area (Å²) in [6.45, 7) is 16.0. The van der Waals surface area contributed by atoms with Crippen LogP contribution in [-0.2, 0) is 13.5 Å². The smallest absolute Gasteiger partial charge is 0.0486 e. The zero-order valence-corrected chi connectivity index (χ0v) is 18.6. The van der Waals surface area contributed by atoms with Crippen LogP contribution < -0.4 is 0 Å². The van der Waals surface area contributed by atoms with Crippen LogP contribution in [-0.4, -0.2) is 10.8 Å². The van der Waals surface area contributed by atoms with Gasteiger partial charge in [0.25, 0.3) is 0 Å². The van der Waals surface area contributed by atoms with E-state index in [0.29, 0.717) is 0 Å². The fourth-order valence-electron chi connectivity index (χ4n) is 2.65. The first-order valence-electron chi connectivity index (χ1n) is 9.33. The fourth-order valence-corrected chi connectivity index (χ4v) is 2.65. The summed E-state index contributed by atoms with van der Waals surface area (Å²) in [5, 5.41) is 1.36. The van der Waals surface area contributed by atoms with Crippen LogP contribution in [0.3, 0.4) is 0 Å². The molecule has 2 heteroatoms.